The number of benzene rings is 4. The van der Waals surface area contributed by atoms with Gasteiger partial charge in [0.1, 0.15) is 131 Å². The maximum atomic E-state index is 12.6. The zero-order valence-corrected chi connectivity index (χ0v) is 79.2. The Morgan fingerprint density at radius 3 is 0.926 bits per heavy atom. The van der Waals surface area contributed by atoms with E-state index in [1.807, 2.05) is 105 Å². The quantitative estimate of drug-likeness (QED) is 0.0336. The molecule has 4 aromatic carbocycles. The molecule has 17 rings (SSSR count). The maximum absolute atomic E-state index is 12.6. The van der Waals surface area contributed by atoms with Crippen LogP contribution in [0.5, 0.6) is 57.5 Å². The normalized spacial score (nSPS) is 13.4. The molecule has 12 aromatic rings. The van der Waals surface area contributed by atoms with E-state index in [2.05, 4.69) is 45.2 Å². The fraction of sp³-hybridized carbons (Fsp3) is 0.333. The van der Waals surface area contributed by atoms with Gasteiger partial charge in [0.15, 0.2) is 0 Å². The molecule has 8 aromatic heterocycles. The molecule has 12 heterocycles. The Morgan fingerprint density at radius 1 is 0.353 bits per heavy atom. The van der Waals surface area contributed by atoms with Gasteiger partial charge in [-0.05, 0) is 216 Å². The lowest BCUT2D eigenvalue weighted by Crippen LogP contribution is -2.42. The lowest BCUT2D eigenvalue weighted by atomic mass is 10.1. The Morgan fingerprint density at radius 2 is 0.625 bits per heavy atom. The largest absolute Gasteiger partial charge is 0.508 e. The molecule has 5 N–H and O–H groups in total. The summed E-state index contributed by atoms with van der Waals surface area (Å²) in [6.45, 7) is 24.7. The van der Waals surface area contributed by atoms with Crippen LogP contribution in [0, 0.1) is 48.5 Å². The molecule has 0 unspecified atom stereocenters. The minimum atomic E-state index is -0.221. The standard InChI is InChI=1S/C18H21N3O2.2C18H20N2O3.C17H18ClN3O2.C17H18N2O3.C17H20N2O3/c1-13-10-19-11-16(14(13)2)23-12-15-6-5-7-20-17(15)18(22)21-8-3-4-9-21;1-12-15(21)6-3-7-16(12)23-11-13-5-4-10-19-17(13)18(22)20(2)14-8-9-14;1-13-15(21)7-4-8-16(13)23-12-14-6-5-9-19-17(14)18(22)20-10-2-3-11-20;1-12-14(18)9-19-10-15(12)23-11-13-5-4-6-20-16(13)17(22)21-7-2-3-8-21;1-12-14(20)6-2-7-15(12)22-11-13-5-3-8-18-16(13)17(21)19-9-4-10-19;1-11(2)19-17(21)16-13(6-5-9-18-16)10-22-15-8-4-7-14(20)12(15)3/h5-7,10-11H,3-4,8-9,12H2,1-2H3;3-7,10,14,21H,8-9,11H2,1-2H3;4-9,21H,2-3,10-12H2,1H3;4-6,9-10H,2-3,7-8,11H2,1H3;2-3,5-8,20H,4,9-11H2,1H3;4-9,11,20H,10H2,1-3H3,(H,19,21). The molecule has 0 atom stereocenters. The topological polar surface area (TPSA) is 370 Å². The van der Waals surface area contributed by atoms with Crippen molar-refractivity contribution >= 4 is 47.0 Å². The molecule has 5 aliphatic rings. The van der Waals surface area contributed by atoms with Gasteiger partial charge in [0.25, 0.3) is 35.4 Å². The van der Waals surface area contributed by atoms with Crippen molar-refractivity contribution in [2.75, 3.05) is 59.4 Å². The number of carbonyl (C=O) groups is 6. The summed E-state index contributed by atoms with van der Waals surface area (Å²) in [4.78, 5) is 117. The van der Waals surface area contributed by atoms with E-state index in [4.69, 9.17) is 40.0 Å². The highest BCUT2D eigenvalue weighted by Crippen LogP contribution is 2.35. The monoisotopic (exact) mass is 1860 g/mol. The van der Waals surface area contributed by atoms with Gasteiger partial charge in [-0.2, -0.15) is 0 Å². The van der Waals surface area contributed by atoms with Crippen LogP contribution in [0.25, 0.3) is 0 Å². The lowest BCUT2D eigenvalue weighted by molar-refractivity contribution is 0.0641. The van der Waals surface area contributed by atoms with Gasteiger partial charge in [0.05, 0.1) is 17.4 Å². The zero-order valence-electron chi connectivity index (χ0n) is 78.4. The van der Waals surface area contributed by atoms with Crippen LogP contribution in [0.1, 0.15) is 207 Å². The van der Waals surface area contributed by atoms with Crippen LogP contribution >= 0.6 is 11.6 Å². The van der Waals surface area contributed by atoms with Crippen LogP contribution in [0.2, 0.25) is 5.02 Å². The summed E-state index contributed by atoms with van der Waals surface area (Å²) in [6, 6.07) is 42.8. The van der Waals surface area contributed by atoms with Crippen molar-refractivity contribution in [1.29, 1.82) is 0 Å². The number of amides is 6. The van der Waals surface area contributed by atoms with Crippen molar-refractivity contribution in [1.82, 2.24) is 69.7 Å². The molecular weight excluding hydrogens is 1750 g/mol. The van der Waals surface area contributed by atoms with Gasteiger partial charge < -0.3 is 78.7 Å². The number of hydrogen-bond donors (Lipinski definition) is 5. The second-order valence-corrected chi connectivity index (χ2v) is 34.1. The smallest absolute Gasteiger partial charge is 0.272 e. The van der Waals surface area contributed by atoms with Crippen LogP contribution in [0.15, 0.2) is 208 Å². The SMILES string of the molecule is Cc1c(Cl)cncc1OCc1cccnc1C(=O)N1CCCC1.Cc1c(O)cccc1OCc1cccnc1C(=O)N(C)C1CC1.Cc1c(O)cccc1OCc1cccnc1C(=O)N1CCC1.Cc1c(O)cccc1OCc1cccnc1C(=O)N1CCCC1.Cc1c(O)cccc1OCc1cccnc1C(=O)NC(C)C.Cc1cncc(OCc2cccnc2C(=O)N2CCCC2)c1C. The van der Waals surface area contributed by atoms with Crippen molar-refractivity contribution < 1.29 is 77.6 Å². The molecule has 31 heteroatoms. The number of likely N-dealkylation sites (tertiary alicyclic amines) is 4. The first-order valence-electron chi connectivity index (χ1n) is 45.5. The highest BCUT2D eigenvalue weighted by Gasteiger charge is 2.33. The Balaban J connectivity index is 0.000000147. The van der Waals surface area contributed by atoms with Crippen LogP contribution in [0.3, 0.4) is 0 Å². The van der Waals surface area contributed by atoms with Crippen LogP contribution < -0.4 is 33.7 Å². The van der Waals surface area contributed by atoms with E-state index in [0.717, 1.165) is 160 Å². The van der Waals surface area contributed by atoms with E-state index in [0.29, 0.717) is 108 Å². The summed E-state index contributed by atoms with van der Waals surface area (Å²) < 4.78 is 34.7. The number of phenols is 4. The number of ether oxygens (including phenoxy) is 6. The Bertz CT molecular complexity index is 5650. The van der Waals surface area contributed by atoms with Gasteiger partial charge in [-0.3, -0.25) is 68.6 Å². The van der Waals surface area contributed by atoms with Crippen LogP contribution in [0.4, 0.5) is 0 Å². The third-order valence-corrected chi connectivity index (χ3v) is 24.0. The summed E-state index contributed by atoms with van der Waals surface area (Å²) in [7, 11) is 1.82. The maximum Gasteiger partial charge on any atom is 0.272 e. The number of aromatic nitrogens is 8. The van der Waals surface area contributed by atoms with E-state index in [-0.39, 0.29) is 97.5 Å². The number of rotatable bonds is 26. The van der Waals surface area contributed by atoms with E-state index >= 15 is 0 Å². The number of nitrogens with zero attached hydrogens (tertiary/aromatic N) is 13. The molecule has 0 bridgehead atoms. The number of aryl methyl sites for hydroxylation is 1. The highest BCUT2D eigenvalue weighted by atomic mass is 35.5. The lowest BCUT2D eigenvalue weighted by Gasteiger charge is -2.31. The summed E-state index contributed by atoms with van der Waals surface area (Å²) in [5.41, 5.74) is 12.9. The van der Waals surface area contributed by atoms with E-state index < -0.39 is 0 Å². The molecule has 136 heavy (non-hydrogen) atoms. The minimum absolute atomic E-state index is 0.000731. The van der Waals surface area contributed by atoms with Gasteiger partial charge in [-0.15, -0.1) is 0 Å². The van der Waals surface area contributed by atoms with E-state index in [1.165, 1.54) is 0 Å². The highest BCUT2D eigenvalue weighted by molar-refractivity contribution is 6.31. The van der Waals surface area contributed by atoms with Crippen molar-refractivity contribution in [2.24, 2.45) is 0 Å². The Labute approximate surface area is 797 Å². The zero-order chi connectivity index (χ0) is 96.7. The number of phenolic OH excluding ortho intramolecular Hbond substituents is 4. The average molecular weight is 1870 g/mol. The third kappa shape index (κ3) is 27.2. The van der Waals surface area contributed by atoms with Crippen molar-refractivity contribution in [3.05, 3.63) is 319 Å². The van der Waals surface area contributed by atoms with Crippen LogP contribution in [-0.2, 0) is 39.6 Å². The molecular formula is C105H117ClN14O16. The molecule has 30 nitrogen and oxygen atoms in total. The number of nitrogens with one attached hydrogen (secondary N) is 1. The number of pyridine rings is 8. The predicted octanol–water partition coefficient (Wildman–Crippen LogP) is 17.3. The second-order valence-electron chi connectivity index (χ2n) is 33.6. The van der Waals surface area contributed by atoms with E-state index in [9.17, 15) is 49.2 Å². The fourth-order valence-corrected chi connectivity index (χ4v) is 15.0. The summed E-state index contributed by atoms with van der Waals surface area (Å²) >= 11 is 6.05. The Kier molecular flexibility index (Phi) is 36.3. The molecule has 4 saturated heterocycles. The van der Waals surface area contributed by atoms with Gasteiger partial charge in [0, 0.05) is 182 Å². The first-order chi connectivity index (χ1) is 65.7. The van der Waals surface area contributed by atoms with Crippen molar-refractivity contribution in [3.8, 4) is 57.5 Å². The van der Waals surface area contributed by atoms with Crippen molar-refractivity contribution in [2.45, 2.75) is 172 Å². The molecule has 6 amide bonds. The summed E-state index contributed by atoms with van der Waals surface area (Å²) in [5, 5.41) is 42.2. The minimum Gasteiger partial charge on any atom is -0.508 e. The van der Waals surface area contributed by atoms with Gasteiger partial charge in [-0.25, -0.2) is 0 Å². The molecule has 5 fully saturated rings. The molecule has 1 aliphatic carbocycles. The van der Waals surface area contributed by atoms with Crippen LogP contribution in [-0.4, -0.2) is 192 Å². The number of aromatic hydroxyl groups is 4. The fourth-order valence-electron chi connectivity index (χ4n) is 14.8. The van der Waals surface area contributed by atoms with Gasteiger partial charge in [0.2, 0.25) is 0 Å². The number of hydrogen-bond acceptors (Lipinski definition) is 24. The molecule has 4 aliphatic heterocycles. The predicted molar refractivity (Wildman–Crippen MR) is 514 cm³/mol. The van der Waals surface area contributed by atoms with Gasteiger partial charge in [-0.1, -0.05) is 72.3 Å². The van der Waals surface area contributed by atoms with Crippen molar-refractivity contribution in [3.63, 3.8) is 0 Å². The molecule has 0 spiro atoms. The Hall–Kier alpha value is -14.8. The summed E-state index contributed by atoms with van der Waals surface area (Å²) in [5.74, 6) is 4.12. The molecule has 0 radical (unpaired) electrons. The number of halogens is 1. The third-order valence-electron chi connectivity index (χ3n) is 23.6. The average Bonchev–Trinajstić information content (AvgIpc) is 1.35. The first-order valence-corrected chi connectivity index (χ1v) is 45.9. The first kappa shape index (κ1) is 100. The molecule has 1 saturated carbocycles. The van der Waals surface area contributed by atoms with E-state index in [1.54, 1.807) is 196 Å². The summed E-state index contributed by atoms with van der Waals surface area (Å²) in [6.07, 6.45) is 26.0. The number of carbonyl (C=O) groups excluding carboxylic acids is 6. The van der Waals surface area contributed by atoms with Gasteiger partial charge >= 0.3 is 0 Å². The second kappa shape index (κ2) is 49.3. The molecule has 710 valence electrons.